The van der Waals surface area contributed by atoms with Crippen LogP contribution in [0.5, 0.6) is 0 Å². The van der Waals surface area contributed by atoms with Crippen molar-refractivity contribution in [1.29, 1.82) is 0 Å². The van der Waals surface area contributed by atoms with Crippen molar-refractivity contribution in [3.63, 3.8) is 0 Å². The van der Waals surface area contributed by atoms with E-state index in [1.807, 2.05) is 12.1 Å². The second kappa shape index (κ2) is 7.98. The van der Waals surface area contributed by atoms with Crippen molar-refractivity contribution in [3.05, 3.63) is 30.6 Å². The molecule has 1 amide bonds. The van der Waals surface area contributed by atoms with Gasteiger partial charge in [-0.15, -0.1) is 5.10 Å². The van der Waals surface area contributed by atoms with E-state index in [9.17, 15) is 4.79 Å². The molecule has 1 aromatic heterocycles. The average molecular weight is 331 g/mol. The molecule has 0 bridgehead atoms. The first kappa shape index (κ1) is 16.5. The number of rotatable bonds is 6. The van der Waals surface area contributed by atoms with Gasteiger partial charge in [0.1, 0.15) is 12.4 Å². The van der Waals surface area contributed by atoms with Crippen molar-refractivity contribution in [3.8, 4) is 5.69 Å². The number of carbonyl (C=O) groups excluding carboxylic acids is 1. The first-order valence-corrected chi connectivity index (χ1v) is 8.10. The molecule has 8 heteroatoms. The molecule has 0 spiro atoms. The lowest BCUT2D eigenvalue weighted by molar-refractivity contribution is -0.130. The van der Waals surface area contributed by atoms with E-state index in [0.29, 0.717) is 12.3 Å². The normalized spacial score (nSPS) is 19.0. The topological polar surface area (TPSA) is 91.2 Å². The van der Waals surface area contributed by atoms with Crippen LogP contribution in [0.1, 0.15) is 26.2 Å². The van der Waals surface area contributed by atoms with Gasteiger partial charge in [0, 0.05) is 12.3 Å². The molecule has 2 heterocycles. The summed E-state index contributed by atoms with van der Waals surface area (Å²) >= 11 is 0. The number of aromatic nitrogens is 4. The zero-order valence-electron chi connectivity index (χ0n) is 13.6. The van der Waals surface area contributed by atoms with Gasteiger partial charge in [0.05, 0.1) is 18.4 Å². The average Bonchev–Trinajstić information content (AvgIpc) is 3.16. The maximum Gasteiger partial charge on any atom is 0.253 e. The third kappa shape index (κ3) is 4.36. The summed E-state index contributed by atoms with van der Waals surface area (Å²) in [7, 11) is 0. The molecule has 1 aliphatic rings. The van der Waals surface area contributed by atoms with E-state index in [2.05, 4.69) is 20.8 Å². The molecule has 24 heavy (non-hydrogen) atoms. The van der Waals surface area contributed by atoms with E-state index < -0.39 is 6.10 Å². The fourth-order valence-electron chi connectivity index (χ4n) is 2.49. The van der Waals surface area contributed by atoms with Crippen LogP contribution in [-0.4, -0.2) is 51.5 Å². The number of amides is 1. The van der Waals surface area contributed by atoms with Crippen molar-refractivity contribution >= 4 is 11.6 Å². The lowest BCUT2D eigenvalue weighted by atomic mass is 10.1. The smallest absolute Gasteiger partial charge is 0.253 e. The Morgan fingerprint density at radius 3 is 2.92 bits per heavy atom. The summed E-state index contributed by atoms with van der Waals surface area (Å²) < 4.78 is 12.8. The Kier molecular flexibility index (Phi) is 5.50. The number of tetrazole rings is 1. The molecule has 3 rings (SSSR count). The highest BCUT2D eigenvalue weighted by molar-refractivity contribution is 5.93. The van der Waals surface area contributed by atoms with Crippen molar-refractivity contribution in [1.82, 2.24) is 20.2 Å². The van der Waals surface area contributed by atoms with Crippen molar-refractivity contribution in [2.75, 3.05) is 18.5 Å². The summed E-state index contributed by atoms with van der Waals surface area (Å²) in [6.07, 6.45) is 4.33. The first-order chi connectivity index (χ1) is 11.7. The fraction of sp³-hybridized carbons (Fsp3) is 0.500. The Hall–Kier alpha value is -2.32. The van der Waals surface area contributed by atoms with Crippen LogP contribution in [0.4, 0.5) is 5.69 Å². The van der Waals surface area contributed by atoms with E-state index in [4.69, 9.17) is 9.47 Å². The second-order valence-corrected chi connectivity index (χ2v) is 5.75. The number of nitrogens with zero attached hydrogens (tertiary/aromatic N) is 4. The standard InChI is InChI=1S/C16H21N5O3/c1-12(24-10-15-4-2-3-9-23-15)16(22)18-13-5-7-14(8-6-13)21-11-17-19-20-21/h5-8,11-12,15H,2-4,9-10H2,1H3,(H,18,22). The molecule has 1 aromatic carbocycles. The highest BCUT2D eigenvalue weighted by Gasteiger charge is 2.19. The summed E-state index contributed by atoms with van der Waals surface area (Å²) in [5.41, 5.74) is 1.51. The maximum atomic E-state index is 12.2. The quantitative estimate of drug-likeness (QED) is 0.864. The number of hydrogen-bond donors (Lipinski definition) is 1. The molecule has 0 radical (unpaired) electrons. The van der Waals surface area contributed by atoms with Gasteiger partial charge in [-0.05, 0) is 60.9 Å². The number of hydrogen-bond acceptors (Lipinski definition) is 6. The highest BCUT2D eigenvalue weighted by Crippen LogP contribution is 2.15. The first-order valence-electron chi connectivity index (χ1n) is 8.10. The van der Waals surface area contributed by atoms with E-state index in [1.165, 1.54) is 6.33 Å². The summed E-state index contributed by atoms with van der Waals surface area (Å²) in [6, 6.07) is 7.25. The molecule has 8 nitrogen and oxygen atoms in total. The lowest BCUT2D eigenvalue weighted by Crippen LogP contribution is -2.32. The highest BCUT2D eigenvalue weighted by atomic mass is 16.5. The monoisotopic (exact) mass is 331 g/mol. The number of carbonyl (C=O) groups is 1. The molecule has 2 atom stereocenters. The summed E-state index contributed by atoms with van der Waals surface area (Å²) in [6.45, 7) is 2.97. The minimum atomic E-state index is -0.533. The summed E-state index contributed by atoms with van der Waals surface area (Å²) in [4.78, 5) is 12.2. The SMILES string of the molecule is CC(OCC1CCCCO1)C(=O)Nc1ccc(-n2cnnn2)cc1. The second-order valence-electron chi connectivity index (χ2n) is 5.75. The molecular formula is C16H21N5O3. The Bertz CT molecular complexity index is 638. The summed E-state index contributed by atoms with van der Waals surface area (Å²) in [5, 5.41) is 13.8. The third-order valence-electron chi connectivity index (χ3n) is 3.92. The van der Waals surface area contributed by atoms with E-state index >= 15 is 0 Å². The molecular weight excluding hydrogens is 310 g/mol. The molecule has 128 valence electrons. The van der Waals surface area contributed by atoms with Crippen molar-refractivity contribution in [2.45, 2.75) is 38.4 Å². The predicted octanol–water partition coefficient (Wildman–Crippen LogP) is 1.57. The van der Waals surface area contributed by atoms with Crippen LogP contribution in [0.3, 0.4) is 0 Å². The molecule has 0 saturated carbocycles. The summed E-state index contributed by atoms with van der Waals surface area (Å²) in [5.74, 6) is -0.180. The number of anilines is 1. The molecule has 1 saturated heterocycles. The fourth-order valence-corrected chi connectivity index (χ4v) is 2.49. The maximum absolute atomic E-state index is 12.2. The lowest BCUT2D eigenvalue weighted by Gasteiger charge is -2.23. The number of benzene rings is 1. The molecule has 1 aliphatic heterocycles. The van der Waals surface area contributed by atoms with E-state index in [1.54, 1.807) is 23.7 Å². The van der Waals surface area contributed by atoms with Crippen LogP contribution in [0.15, 0.2) is 30.6 Å². The third-order valence-corrected chi connectivity index (χ3v) is 3.92. The number of ether oxygens (including phenoxy) is 2. The van der Waals surface area contributed by atoms with Crippen molar-refractivity contribution in [2.24, 2.45) is 0 Å². The van der Waals surface area contributed by atoms with Crippen LogP contribution in [-0.2, 0) is 14.3 Å². The zero-order valence-corrected chi connectivity index (χ0v) is 13.6. The van der Waals surface area contributed by atoms with Gasteiger partial charge in [-0.3, -0.25) is 4.79 Å². The zero-order chi connectivity index (χ0) is 16.8. The van der Waals surface area contributed by atoms with Gasteiger partial charge in [-0.2, -0.15) is 0 Å². The van der Waals surface area contributed by atoms with Crippen LogP contribution in [0.2, 0.25) is 0 Å². The van der Waals surface area contributed by atoms with Crippen LogP contribution in [0, 0.1) is 0 Å². The molecule has 0 aliphatic carbocycles. The van der Waals surface area contributed by atoms with Gasteiger partial charge in [0.25, 0.3) is 5.91 Å². The van der Waals surface area contributed by atoms with Crippen molar-refractivity contribution < 1.29 is 14.3 Å². The Morgan fingerprint density at radius 1 is 1.42 bits per heavy atom. The van der Waals surface area contributed by atoms with Crippen LogP contribution < -0.4 is 5.32 Å². The van der Waals surface area contributed by atoms with E-state index in [-0.39, 0.29) is 12.0 Å². The van der Waals surface area contributed by atoms with Gasteiger partial charge in [0.2, 0.25) is 0 Å². The van der Waals surface area contributed by atoms with Gasteiger partial charge in [-0.1, -0.05) is 0 Å². The molecule has 2 unspecified atom stereocenters. The van der Waals surface area contributed by atoms with Crippen LogP contribution in [0.25, 0.3) is 5.69 Å². The Labute approximate surface area is 140 Å². The molecule has 2 aromatic rings. The van der Waals surface area contributed by atoms with Gasteiger partial charge in [-0.25, -0.2) is 4.68 Å². The van der Waals surface area contributed by atoms with Crippen LogP contribution >= 0.6 is 0 Å². The Balaban J connectivity index is 1.48. The molecule has 1 fully saturated rings. The van der Waals surface area contributed by atoms with Gasteiger partial charge in [0.15, 0.2) is 0 Å². The largest absolute Gasteiger partial charge is 0.376 e. The van der Waals surface area contributed by atoms with E-state index in [0.717, 1.165) is 31.6 Å². The van der Waals surface area contributed by atoms with Gasteiger partial charge < -0.3 is 14.8 Å². The minimum absolute atomic E-state index is 0.101. The predicted molar refractivity (Wildman–Crippen MR) is 86.8 cm³/mol. The minimum Gasteiger partial charge on any atom is -0.376 e. The Morgan fingerprint density at radius 2 is 2.25 bits per heavy atom. The number of nitrogens with one attached hydrogen (secondary N) is 1. The molecule has 1 N–H and O–H groups in total. The van der Waals surface area contributed by atoms with Gasteiger partial charge >= 0.3 is 0 Å².